The lowest BCUT2D eigenvalue weighted by atomic mass is 10.1. The molecule has 2 saturated heterocycles. The third-order valence-corrected chi connectivity index (χ3v) is 6.65. The van der Waals surface area contributed by atoms with Gasteiger partial charge in [0.25, 0.3) is 0 Å². The number of hydrogen-bond donors (Lipinski definition) is 3. The van der Waals surface area contributed by atoms with E-state index in [4.69, 9.17) is 21.3 Å². The minimum atomic E-state index is -0.654. The molecule has 0 amide bonds. The van der Waals surface area contributed by atoms with E-state index in [9.17, 15) is 5.11 Å². The molecule has 0 spiro atoms. The summed E-state index contributed by atoms with van der Waals surface area (Å²) in [5.74, 6) is 1.09. The van der Waals surface area contributed by atoms with Gasteiger partial charge >= 0.3 is 0 Å². The Kier molecular flexibility index (Phi) is 7.59. The van der Waals surface area contributed by atoms with Crippen LogP contribution in [0.2, 0.25) is 5.02 Å². The summed E-state index contributed by atoms with van der Waals surface area (Å²) in [7, 11) is 0. The van der Waals surface area contributed by atoms with Gasteiger partial charge in [0.2, 0.25) is 5.95 Å². The molecular weight excluding hydrogens is 482 g/mol. The van der Waals surface area contributed by atoms with E-state index >= 15 is 4.39 Å². The molecule has 2 aliphatic rings. The highest BCUT2D eigenvalue weighted by atomic mass is 35.5. The number of nitrogens with zero attached hydrogens (tertiary/aromatic N) is 4. The molecular formula is C23H29Cl2FN6O2. The van der Waals surface area contributed by atoms with Gasteiger partial charge in [-0.1, -0.05) is 11.6 Å². The number of aliphatic hydroxyl groups excluding tert-OH is 1. The van der Waals surface area contributed by atoms with Gasteiger partial charge < -0.3 is 25.0 Å². The molecule has 0 aliphatic carbocycles. The van der Waals surface area contributed by atoms with Gasteiger partial charge in [-0.2, -0.15) is 0 Å². The fourth-order valence-electron chi connectivity index (χ4n) is 4.71. The van der Waals surface area contributed by atoms with Crippen LogP contribution in [0.4, 0.5) is 10.3 Å². The lowest BCUT2D eigenvalue weighted by molar-refractivity contribution is -0.0136. The maximum atomic E-state index is 15.3. The van der Waals surface area contributed by atoms with E-state index in [1.165, 1.54) is 12.3 Å². The molecule has 34 heavy (non-hydrogen) atoms. The molecule has 5 rings (SSSR count). The average Bonchev–Trinajstić information content (AvgIpc) is 3.44. The van der Waals surface area contributed by atoms with Gasteiger partial charge in [-0.05, 0) is 45.4 Å². The SMILES string of the molecule is CC(C)n1c([C@@H]2CCNC2)nc2c(F)cc(-c3nc(N[C@@H]4CCOC[C@H]4O)ncc3Cl)cc21.Cl. The molecule has 0 saturated carbocycles. The predicted molar refractivity (Wildman–Crippen MR) is 132 cm³/mol. The fourth-order valence-corrected chi connectivity index (χ4v) is 4.91. The second-order valence-corrected chi connectivity index (χ2v) is 9.43. The van der Waals surface area contributed by atoms with E-state index < -0.39 is 11.9 Å². The van der Waals surface area contributed by atoms with Gasteiger partial charge in [0.05, 0.1) is 41.2 Å². The number of aliphatic hydroxyl groups is 1. The predicted octanol–water partition coefficient (Wildman–Crippen LogP) is 3.93. The van der Waals surface area contributed by atoms with Crippen LogP contribution in [0.25, 0.3) is 22.3 Å². The van der Waals surface area contributed by atoms with Gasteiger partial charge in [-0.15, -0.1) is 12.4 Å². The van der Waals surface area contributed by atoms with Crippen molar-refractivity contribution in [2.24, 2.45) is 0 Å². The Morgan fingerprint density at radius 1 is 1.29 bits per heavy atom. The summed E-state index contributed by atoms with van der Waals surface area (Å²) >= 11 is 6.44. The van der Waals surface area contributed by atoms with Gasteiger partial charge in [-0.25, -0.2) is 19.3 Å². The Bertz CT molecular complexity index is 1170. The minimum absolute atomic E-state index is 0. The second-order valence-electron chi connectivity index (χ2n) is 9.02. The standard InChI is InChI=1S/C23H28ClFN6O2.ClH/c1-12(2)31-18-8-14(7-16(25)21(18)29-22(31)13-3-5-26-9-13)20-15(24)10-27-23(30-20)28-17-4-6-33-11-19(17)32;/h7-8,10,12-13,17,19,26,32H,3-6,9,11H2,1-2H3,(H,27,28,30);1H/t13-,17-,19-;/m1./s1. The van der Waals surface area contributed by atoms with Crippen molar-refractivity contribution in [3.63, 3.8) is 0 Å². The molecule has 0 unspecified atom stereocenters. The summed E-state index contributed by atoms with van der Waals surface area (Å²) < 4.78 is 22.7. The molecule has 3 aromatic rings. The second kappa shape index (κ2) is 10.3. The molecule has 2 fully saturated rings. The molecule has 184 valence electrons. The molecule has 3 N–H and O–H groups in total. The number of anilines is 1. The summed E-state index contributed by atoms with van der Waals surface area (Å²) in [4.78, 5) is 13.5. The summed E-state index contributed by atoms with van der Waals surface area (Å²) in [6.45, 7) is 6.75. The topological polar surface area (TPSA) is 97.1 Å². The lowest BCUT2D eigenvalue weighted by Gasteiger charge is -2.28. The molecule has 2 aromatic heterocycles. The molecule has 2 aliphatic heterocycles. The van der Waals surface area contributed by atoms with Crippen LogP contribution in [0.5, 0.6) is 0 Å². The van der Waals surface area contributed by atoms with Crippen molar-refractivity contribution < 1.29 is 14.2 Å². The summed E-state index contributed by atoms with van der Waals surface area (Å²) in [6.07, 6.45) is 2.46. The third kappa shape index (κ3) is 4.72. The van der Waals surface area contributed by atoms with Crippen LogP contribution < -0.4 is 10.6 Å². The van der Waals surface area contributed by atoms with Crippen molar-refractivity contribution in [2.75, 3.05) is 31.6 Å². The van der Waals surface area contributed by atoms with Crippen LogP contribution in [0.15, 0.2) is 18.3 Å². The first-order valence-electron chi connectivity index (χ1n) is 11.4. The van der Waals surface area contributed by atoms with E-state index in [0.717, 1.165) is 30.9 Å². The van der Waals surface area contributed by atoms with Crippen molar-refractivity contribution in [1.82, 2.24) is 24.8 Å². The Balaban J connectivity index is 0.00000274. The van der Waals surface area contributed by atoms with E-state index in [2.05, 4.69) is 39.0 Å². The lowest BCUT2D eigenvalue weighted by Crippen LogP contribution is -2.42. The van der Waals surface area contributed by atoms with Crippen molar-refractivity contribution in [2.45, 2.75) is 50.8 Å². The number of aromatic nitrogens is 4. The highest BCUT2D eigenvalue weighted by Gasteiger charge is 2.27. The molecule has 8 nitrogen and oxygen atoms in total. The zero-order valence-electron chi connectivity index (χ0n) is 19.1. The largest absolute Gasteiger partial charge is 0.389 e. The number of imidazole rings is 1. The highest BCUT2D eigenvalue weighted by Crippen LogP contribution is 2.35. The van der Waals surface area contributed by atoms with Crippen LogP contribution >= 0.6 is 24.0 Å². The van der Waals surface area contributed by atoms with E-state index in [1.807, 2.05) is 6.07 Å². The molecule has 11 heteroatoms. The first-order chi connectivity index (χ1) is 15.9. The maximum Gasteiger partial charge on any atom is 0.223 e. The van der Waals surface area contributed by atoms with Gasteiger partial charge in [0.1, 0.15) is 11.3 Å². The Morgan fingerprint density at radius 2 is 2.12 bits per heavy atom. The maximum absolute atomic E-state index is 15.3. The van der Waals surface area contributed by atoms with Gasteiger partial charge in [0, 0.05) is 30.7 Å². The van der Waals surface area contributed by atoms with Crippen molar-refractivity contribution in [3.05, 3.63) is 35.0 Å². The first-order valence-corrected chi connectivity index (χ1v) is 11.8. The number of ether oxygens (including phenoxy) is 1. The Labute approximate surface area is 208 Å². The van der Waals surface area contributed by atoms with Crippen LogP contribution in [-0.4, -0.2) is 63.1 Å². The summed E-state index contributed by atoms with van der Waals surface area (Å²) in [5, 5.41) is 17.0. The zero-order chi connectivity index (χ0) is 23.1. The molecule has 1 aromatic carbocycles. The number of rotatable bonds is 5. The zero-order valence-corrected chi connectivity index (χ0v) is 20.7. The van der Waals surface area contributed by atoms with Crippen LogP contribution in [-0.2, 0) is 4.74 Å². The van der Waals surface area contributed by atoms with Crippen molar-refractivity contribution in [3.8, 4) is 11.3 Å². The number of benzene rings is 1. The number of fused-ring (bicyclic) bond motifs is 1. The normalized spacial score (nSPS) is 22.8. The van der Waals surface area contributed by atoms with Gasteiger partial charge in [-0.3, -0.25) is 0 Å². The molecule has 3 atom stereocenters. The smallest absolute Gasteiger partial charge is 0.223 e. The van der Waals surface area contributed by atoms with E-state index in [-0.39, 0.29) is 37.0 Å². The first kappa shape index (κ1) is 25.1. The number of nitrogens with one attached hydrogen (secondary N) is 2. The Hall–Kier alpha value is -2.04. The third-order valence-electron chi connectivity index (χ3n) is 6.38. The molecule has 4 heterocycles. The van der Waals surface area contributed by atoms with Crippen molar-refractivity contribution >= 4 is 41.0 Å². The van der Waals surface area contributed by atoms with Crippen molar-refractivity contribution in [1.29, 1.82) is 0 Å². The highest BCUT2D eigenvalue weighted by molar-refractivity contribution is 6.33. The van der Waals surface area contributed by atoms with Crippen LogP contribution in [0.3, 0.4) is 0 Å². The van der Waals surface area contributed by atoms with Crippen LogP contribution in [0.1, 0.15) is 44.5 Å². The average molecular weight is 511 g/mol. The Morgan fingerprint density at radius 3 is 2.82 bits per heavy atom. The monoisotopic (exact) mass is 510 g/mol. The number of hydrogen-bond acceptors (Lipinski definition) is 7. The fraction of sp³-hybridized carbons (Fsp3) is 0.522. The molecule has 0 bridgehead atoms. The van der Waals surface area contributed by atoms with Gasteiger partial charge in [0.15, 0.2) is 5.82 Å². The summed E-state index contributed by atoms with van der Waals surface area (Å²) in [6, 6.07) is 3.22. The quantitative estimate of drug-likeness (QED) is 0.478. The van der Waals surface area contributed by atoms with Crippen LogP contribution in [0, 0.1) is 5.82 Å². The summed E-state index contributed by atoms with van der Waals surface area (Å²) in [5.41, 5.74) is 2.08. The minimum Gasteiger partial charge on any atom is -0.389 e. The number of halogens is 3. The molecule has 0 radical (unpaired) electrons. The van der Waals surface area contributed by atoms with E-state index in [0.29, 0.717) is 40.8 Å². The van der Waals surface area contributed by atoms with E-state index in [1.54, 1.807) is 0 Å².